The molecule has 1 aromatic heterocycles. The van der Waals surface area contributed by atoms with E-state index in [0.29, 0.717) is 25.3 Å². The normalized spacial score (nSPS) is 23.5. The molecule has 18 heteroatoms. The lowest BCUT2D eigenvalue weighted by Crippen LogP contribution is -2.59. The maximum absolute atomic E-state index is 13.5. The summed E-state index contributed by atoms with van der Waals surface area (Å²) >= 11 is 0. The third-order valence-electron chi connectivity index (χ3n) is 15.5. The van der Waals surface area contributed by atoms with E-state index in [2.05, 4.69) is 86.8 Å². The molecule has 3 aromatic carbocycles. The van der Waals surface area contributed by atoms with Crippen molar-refractivity contribution in [3.8, 4) is 11.5 Å². The zero-order chi connectivity index (χ0) is 48.6. The number of ether oxygens (including phenoxy) is 4. The first-order valence-corrected chi connectivity index (χ1v) is 26.5. The van der Waals surface area contributed by atoms with Crippen molar-refractivity contribution in [2.75, 3.05) is 87.4 Å². The highest BCUT2D eigenvalue weighted by Crippen LogP contribution is 2.53. The molecule has 0 unspecified atom stereocenters. The van der Waals surface area contributed by atoms with Gasteiger partial charge in [-0.1, -0.05) is 24.3 Å². The highest BCUT2D eigenvalue weighted by molar-refractivity contribution is 7.90. The Morgan fingerprint density at radius 3 is 2.44 bits per heavy atom. The fraction of sp³-hybridized carbons (Fsp3) is 0.538. The molecule has 1 aliphatic carbocycles. The van der Waals surface area contributed by atoms with Crippen molar-refractivity contribution in [3.05, 3.63) is 106 Å². The number of rotatable bonds is 13. The molecule has 5 fully saturated rings. The summed E-state index contributed by atoms with van der Waals surface area (Å²) in [7, 11) is -4.49. The Balaban J connectivity index is 0.752. The monoisotopic (exact) mass is 978 g/mol. The minimum absolute atomic E-state index is 0.0570. The van der Waals surface area contributed by atoms with E-state index in [1.54, 1.807) is 12.1 Å². The zero-order valence-electron chi connectivity index (χ0n) is 40.5. The van der Waals surface area contributed by atoms with E-state index in [1.165, 1.54) is 17.2 Å². The van der Waals surface area contributed by atoms with E-state index in [0.717, 1.165) is 121 Å². The van der Waals surface area contributed by atoms with Crippen molar-refractivity contribution in [3.63, 3.8) is 0 Å². The van der Waals surface area contributed by atoms with E-state index < -0.39 is 31.4 Å². The first kappa shape index (κ1) is 48.1. The number of benzene rings is 3. The van der Waals surface area contributed by atoms with Crippen LogP contribution in [-0.2, 0) is 26.0 Å². The number of piperidine rings is 1. The summed E-state index contributed by atoms with van der Waals surface area (Å²) in [5.74, 6) is 1.40. The highest BCUT2D eigenvalue weighted by atomic mass is 32.2. The van der Waals surface area contributed by atoms with Gasteiger partial charge in [-0.05, 0) is 113 Å². The van der Waals surface area contributed by atoms with Gasteiger partial charge in [0.1, 0.15) is 18.2 Å². The Hall–Kier alpha value is -5.53. The van der Waals surface area contributed by atoms with Crippen LogP contribution in [0.15, 0.2) is 83.9 Å². The second-order valence-electron chi connectivity index (χ2n) is 20.5. The molecule has 5 aliphatic heterocycles. The number of hydrogen-bond donors (Lipinski definition) is 2. The van der Waals surface area contributed by atoms with Gasteiger partial charge >= 0.3 is 0 Å². The van der Waals surface area contributed by atoms with Gasteiger partial charge in [0, 0.05) is 100 Å². The molecule has 374 valence electrons. The Bertz CT molecular complexity index is 2610. The summed E-state index contributed by atoms with van der Waals surface area (Å²) in [6.45, 7) is 15.6. The predicted molar refractivity (Wildman–Crippen MR) is 266 cm³/mol. The zero-order valence-corrected chi connectivity index (χ0v) is 41.3. The van der Waals surface area contributed by atoms with Crippen molar-refractivity contribution < 1.29 is 37.1 Å². The van der Waals surface area contributed by atoms with Crippen LogP contribution in [0.25, 0.3) is 0 Å². The van der Waals surface area contributed by atoms with Crippen LogP contribution in [0.3, 0.4) is 0 Å². The number of fused-ring (bicyclic) bond motifs is 1. The molecule has 10 rings (SSSR count). The van der Waals surface area contributed by atoms with Crippen molar-refractivity contribution in [1.82, 2.24) is 19.5 Å². The molecule has 1 amide bonds. The number of hydrogen-bond acceptors (Lipinski definition) is 15. The Kier molecular flexibility index (Phi) is 14.0. The van der Waals surface area contributed by atoms with Crippen LogP contribution in [0.1, 0.15) is 86.8 Å². The van der Waals surface area contributed by atoms with E-state index in [1.807, 2.05) is 18.3 Å². The molecule has 4 aromatic rings. The topological polar surface area (TPSA) is 181 Å². The van der Waals surface area contributed by atoms with Crippen molar-refractivity contribution in [1.29, 1.82) is 0 Å². The van der Waals surface area contributed by atoms with Crippen LogP contribution >= 0.6 is 0 Å². The van der Waals surface area contributed by atoms with E-state index in [4.69, 9.17) is 23.9 Å². The average Bonchev–Trinajstić information content (AvgIpc) is 3.36. The van der Waals surface area contributed by atoms with Gasteiger partial charge in [-0.3, -0.25) is 24.7 Å². The number of para-hydroxylation sites is 1. The van der Waals surface area contributed by atoms with Crippen LogP contribution < -0.4 is 29.3 Å². The van der Waals surface area contributed by atoms with Crippen molar-refractivity contribution in [2.45, 2.75) is 101 Å². The number of carbonyl (C=O) groups excluding carboxylic acids is 1. The summed E-state index contributed by atoms with van der Waals surface area (Å²) in [4.78, 5) is 39.4. The second kappa shape index (κ2) is 20.3. The van der Waals surface area contributed by atoms with Gasteiger partial charge in [0.2, 0.25) is 0 Å². The number of nitro benzene ring substituents is 1. The van der Waals surface area contributed by atoms with Gasteiger partial charge in [-0.2, -0.15) is 0 Å². The van der Waals surface area contributed by atoms with Crippen LogP contribution in [0.4, 0.5) is 22.9 Å². The molecule has 3 atom stereocenters. The number of nitrogens with one attached hydrogen (secondary N) is 2. The number of piperazine rings is 1. The largest absolute Gasteiger partial charge is 0.491 e. The lowest BCUT2D eigenvalue weighted by atomic mass is 9.59. The number of carbonyl (C=O) groups is 1. The maximum Gasteiger partial charge on any atom is 0.297 e. The SMILES string of the molecule is CC(C)Oc1ccccc1[C@@H]1CN(Cc2ccc(N3CCOC[C@@H]3C)nc2)CCN1C1CC2(CCN(c3ccc(C(=O)NS(=O)(=O)c4cc5c(c([N+](=O)[O-])c4)N[C@H](C4CCOCC4)CO5)cc3)CC2)C1. The van der Waals surface area contributed by atoms with Crippen molar-refractivity contribution in [2.24, 2.45) is 11.3 Å². The summed E-state index contributed by atoms with van der Waals surface area (Å²) < 4.78 is 52.6. The summed E-state index contributed by atoms with van der Waals surface area (Å²) in [6, 6.07) is 22.9. The Morgan fingerprint density at radius 1 is 0.957 bits per heavy atom. The predicted octanol–water partition coefficient (Wildman–Crippen LogP) is 7.03. The third-order valence-corrected chi connectivity index (χ3v) is 16.8. The number of anilines is 3. The number of pyridine rings is 1. The fourth-order valence-corrected chi connectivity index (χ4v) is 12.6. The van der Waals surface area contributed by atoms with Gasteiger partial charge in [0.15, 0.2) is 11.4 Å². The van der Waals surface area contributed by atoms with Crippen molar-refractivity contribution >= 4 is 38.8 Å². The highest BCUT2D eigenvalue weighted by Gasteiger charge is 2.50. The lowest BCUT2D eigenvalue weighted by Gasteiger charge is -2.58. The number of morpholine rings is 1. The van der Waals surface area contributed by atoms with E-state index in [9.17, 15) is 23.3 Å². The van der Waals surface area contributed by atoms with Crippen LogP contribution in [0.2, 0.25) is 0 Å². The number of aromatic nitrogens is 1. The summed E-state index contributed by atoms with van der Waals surface area (Å²) in [6.07, 6.45) is 8.13. The molecule has 1 saturated carbocycles. The average molecular weight is 979 g/mol. The van der Waals surface area contributed by atoms with Gasteiger partial charge in [0.25, 0.3) is 21.6 Å². The van der Waals surface area contributed by atoms with Gasteiger partial charge < -0.3 is 34.1 Å². The molecule has 1 spiro atoms. The minimum Gasteiger partial charge on any atom is -0.491 e. The molecule has 0 radical (unpaired) electrons. The van der Waals surface area contributed by atoms with Crippen LogP contribution in [0, 0.1) is 21.4 Å². The molecule has 17 nitrogen and oxygen atoms in total. The number of amides is 1. The summed E-state index contributed by atoms with van der Waals surface area (Å²) in [5, 5.41) is 15.4. The third kappa shape index (κ3) is 10.3. The molecular weight excluding hydrogens is 913 g/mol. The van der Waals surface area contributed by atoms with Gasteiger partial charge in [-0.25, -0.2) is 18.1 Å². The van der Waals surface area contributed by atoms with Crippen LogP contribution in [0.5, 0.6) is 11.5 Å². The quantitative estimate of drug-likeness (QED) is 0.103. The number of sulfonamides is 1. The van der Waals surface area contributed by atoms with Gasteiger partial charge in [-0.15, -0.1) is 0 Å². The minimum atomic E-state index is -4.49. The molecule has 70 heavy (non-hydrogen) atoms. The van der Waals surface area contributed by atoms with E-state index >= 15 is 0 Å². The van der Waals surface area contributed by atoms with E-state index in [-0.39, 0.29) is 53.1 Å². The lowest BCUT2D eigenvalue weighted by molar-refractivity contribution is -0.384. The fourth-order valence-electron chi connectivity index (χ4n) is 11.6. The second-order valence-corrected chi connectivity index (χ2v) is 22.1. The molecule has 4 saturated heterocycles. The summed E-state index contributed by atoms with van der Waals surface area (Å²) in [5.41, 5.74) is 3.57. The first-order valence-electron chi connectivity index (χ1n) is 25.1. The smallest absolute Gasteiger partial charge is 0.297 e. The van der Waals surface area contributed by atoms with Gasteiger partial charge in [0.05, 0.1) is 47.3 Å². The Morgan fingerprint density at radius 2 is 1.73 bits per heavy atom. The van der Waals surface area contributed by atoms with Crippen LogP contribution in [-0.4, -0.2) is 131 Å². The maximum atomic E-state index is 13.5. The standard InChI is InChI=1S/C52H66N8O9S/c1-35(2)69-47-7-5-4-6-43(47)46-32-56(31-37-8-13-49(53-30-37)58-22-25-67-33-36(58)3)20-21-59(46)41-28-52(29-41)16-18-57(19-17-52)40-11-9-39(10-12-40)51(61)55-70(64,65)42-26-45(60(62)63)50-48(27-42)68-34-44(54-50)38-14-23-66-24-15-38/h4-13,26-27,30,35-36,38,41,44,46,54H,14-25,28-29,31-34H2,1-3H3,(H,55,61)/t36-,44-,46-/m0/s1. The molecule has 2 N–H and O–H groups in total. The number of nitro groups is 1. The molecule has 0 bridgehead atoms. The number of nitrogens with zero attached hydrogens (tertiary/aromatic N) is 6. The molecular formula is C52H66N8O9S. The molecule has 6 heterocycles. The first-order chi connectivity index (χ1) is 33.8. The molecule has 6 aliphatic rings. The Labute approximate surface area is 411 Å².